The largest absolute Gasteiger partial charge is 0.467 e. The number of hydrogen-bond donors (Lipinski definition) is 1. The van der Waals surface area contributed by atoms with E-state index in [1.807, 2.05) is 17.6 Å². The van der Waals surface area contributed by atoms with Gasteiger partial charge in [-0.2, -0.15) is 0 Å². The third kappa shape index (κ3) is 3.49. The SMILES string of the molecule is Cc1cc(C(=O)CN2C(=O)NC(C)(c3ccc(F)cc3F)C2=O)c(C)n1Cc1ccco1. The second-order valence-electron chi connectivity index (χ2n) is 7.94. The van der Waals surface area contributed by atoms with E-state index >= 15 is 0 Å². The molecule has 1 N–H and O–H groups in total. The van der Waals surface area contributed by atoms with E-state index in [4.69, 9.17) is 4.42 Å². The number of aromatic nitrogens is 1. The number of imide groups is 1. The van der Waals surface area contributed by atoms with Crippen LogP contribution in [0.4, 0.5) is 13.6 Å². The third-order valence-corrected chi connectivity index (χ3v) is 5.81. The van der Waals surface area contributed by atoms with Gasteiger partial charge in [-0.05, 0) is 45.0 Å². The Morgan fingerprint density at radius 2 is 1.91 bits per heavy atom. The van der Waals surface area contributed by atoms with Crippen LogP contribution >= 0.6 is 0 Å². The molecule has 1 fully saturated rings. The molecular weight excluding hydrogens is 420 g/mol. The molecule has 7 nitrogen and oxygen atoms in total. The molecule has 1 aromatic carbocycles. The Labute approximate surface area is 182 Å². The zero-order valence-corrected chi connectivity index (χ0v) is 17.7. The number of furan rings is 1. The van der Waals surface area contributed by atoms with Gasteiger partial charge < -0.3 is 14.3 Å². The molecule has 0 aliphatic carbocycles. The minimum absolute atomic E-state index is 0.177. The summed E-state index contributed by atoms with van der Waals surface area (Å²) in [6.45, 7) is 4.86. The van der Waals surface area contributed by atoms with Gasteiger partial charge in [0.15, 0.2) is 5.78 Å². The predicted octanol–water partition coefficient (Wildman–Crippen LogP) is 3.67. The molecule has 32 heavy (non-hydrogen) atoms. The molecule has 3 amide bonds. The number of carbonyl (C=O) groups is 3. The van der Waals surface area contributed by atoms with Crippen molar-refractivity contribution in [2.24, 2.45) is 0 Å². The Morgan fingerprint density at radius 1 is 1.16 bits per heavy atom. The van der Waals surface area contributed by atoms with Gasteiger partial charge in [-0.1, -0.05) is 6.07 Å². The van der Waals surface area contributed by atoms with Crippen LogP contribution in [0, 0.1) is 25.5 Å². The van der Waals surface area contributed by atoms with Crippen LogP contribution in [0.25, 0.3) is 0 Å². The van der Waals surface area contributed by atoms with Gasteiger partial charge >= 0.3 is 6.03 Å². The van der Waals surface area contributed by atoms with Crippen LogP contribution in [0.1, 0.15) is 40.0 Å². The number of hydrogen-bond acceptors (Lipinski definition) is 4. The first kappa shape index (κ1) is 21.5. The lowest BCUT2D eigenvalue weighted by Gasteiger charge is -2.22. The van der Waals surface area contributed by atoms with E-state index in [0.717, 1.165) is 28.5 Å². The number of halogens is 2. The summed E-state index contributed by atoms with van der Waals surface area (Å²) >= 11 is 0. The predicted molar refractivity (Wildman–Crippen MR) is 110 cm³/mol. The molecular formula is C23H21F2N3O4. The van der Waals surface area contributed by atoms with Gasteiger partial charge in [-0.3, -0.25) is 14.5 Å². The maximum atomic E-state index is 14.3. The van der Waals surface area contributed by atoms with Crippen molar-refractivity contribution < 1.29 is 27.6 Å². The van der Waals surface area contributed by atoms with Gasteiger partial charge in [0.05, 0.1) is 19.4 Å². The summed E-state index contributed by atoms with van der Waals surface area (Å²) in [4.78, 5) is 39.3. The first-order valence-electron chi connectivity index (χ1n) is 9.93. The molecule has 1 unspecified atom stereocenters. The lowest BCUT2D eigenvalue weighted by Crippen LogP contribution is -2.42. The molecule has 0 spiro atoms. The van der Waals surface area contributed by atoms with Crippen molar-refractivity contribution in [1.29, 1.82) is 0 Å². The van der Waals surface area contributed by atoms with Crippen LogP contribution in [0.15, 0.2) is 47.1 Å². The topological polar surface area (TPSA) is 84.5 Å². The van der Waals surface area contributed by atoms with Crippen molar-refractivity contribution in [2.75, 3.05) is 6.54 Å². The average Bonchev–Trinajstić information content (AvgIpc) is 3.39. The summed E-state index contributed by atoms with van der Waals surface area (Å²) in [6.07, 6.45) is 1.56. The Morgan fingerprint density at radius 3 is 2.56 bits per heavy atom. The van der Waals surface area contributed by atoms with E-state index in [9.17, 15) is 23.2 Å². The van der Waals surface area contributed by atoms with E-state index in [2.05, 4.69) is 5.32 Å². The molecule has 0 bridgehead atoms. The monoisotopic (exact) mass is 441 g/mol. The zero-order chi connectivity index (χ0) is 23.2. The van der Waals surface area contributed by atoms with Crippen LogP contribution in [0.2, 0.25) is 0 Å². The quantitative estimate of drug-likeness (QED) is 0.467. The van der Waals surface area contributed by atoms with Crippen molar-refractivity contribution in [3.8, 4) is 0 Å². The highest BCUT2D eigenvalue weighted by Crippen LogP contribution is 2.31. The van der Waals surface area contributed by atoms with Gasteiger partial charge in [0.25, 0.3) is 5.91 Å². The Kier molecular flexibility index (Phi) is 5.20. The number of Topliss-reactive ketones (excluding diaryl/α,β-unsaturated/α-hetero) is 1. The lowest BCUT2D eigenvalue weighted by molar-refractivity contribution is -0.130. The lowest BCUT2D eigenvalue weighted by atomic mass is 9.91. The Bertz CT molecular complexity index is 1230. The normalized spacial score (nSPS) is 18.3. The molecule has 9 heteroatoms. The van der Waals surface area contributed by atoms with Crippen LogP contribution in [0.5, 0.6) is 0 Å². The van der Waals surface area contributed by atoms with Gasteiger partial charge in [0.1, 0.15) is 22.9 Å². The molecule has 3 aromatic rings. The number of nitrogens with one attached hydrogen (secondary N) is 1. The summed E-state index contributed by atoms with van der Waals surface area (Å²) < 4.78 is 34.9. The van der Waals surface area contributed by atoms with E-state index in [1.54, 1.807) is 25.3 Å². The van der Waals surface area contributed by atoms with Crippen LogP contribution < -0.4 is 5.32 Å². The zero-order valence-electron chi connectivity index (χ0n) is 17.7. The van der Waals surface area contributed by atoms with Crippen molar-refractivity contribution in [2.45, 2.75) is 32.9 Å². The molecule has 0 radical (unpaired) electrons. The molecule has 3 heterocycles. The van der Waals surface area contributed by atoms with E-state index < -0.39 is 41.4 Å². The molecule has 2 aromatic heterocycles. The minimum atomic E-state index is -1.74. The number of ketones is 1. The van der Waals surface area contributed by atoms with Crippen molar-refractivity contribution in [1.82, 2.24) is 14.8 Å². The van der Waals surface area contributed by atoms with Crippen molar-refractivity contribution >= 4 is 17.7 Å². The highest BCUT2D eigenvalue weighted by molar-refractivity contribution is 6.11. The second kappa shape index (κ2) is 7.74. The first-order valence-corrected chi connectivity index (χ1v) is 9.93. The molecule has 1 saturated heterocycles. The van der Waals surface area contributed by atoms with Gasteiger partial charge in [-0.15, -0.1) is 0 Å². The van der Waals surface area contributed by atoms with E-state index in [0.29, 0.717) is 23.9 Å². The first-order chi connectivity index (χ1) is 15.1. The maximum Gasteiger partial charge on any atom is 0.325 e. The summed E-state index contributed by atoms with van der Waals surface area (Å²) in [5, 5.41) is 2.43. The van der Waals surface area contributed by atoms with Crippen molar-refractivity contribution in [3.05, 3.63) is 82.6 Å². The summed E-state index contributed by atoms with van der Waals surface area (Å²) in [7, 11) is 0. The molecule has 166 valence electrons. The Hall–Kier alpha value is -3.75. The molecule has 1 aliphatic rings. The Balaban J connectivity index is 1.57. The second-order valence-corrected chi connectivity index (χ2v) is 7.94. The summed E-state index contributed by atoms with van der Waals surface area (Å²) in [5.41, 5.74) is -0.0632. The van der Waals surface area contributed by atoms with Crippen LogP contribution in [0.3, 0.4) is 0 Å². The average molecular weight is 441 g/mol. The number of benzene rings is 1. The number of urea groups is 1. The van der Waals surface area contributed by atoms with Crippen LogP contribution in [-0.4, -0.2) is 33.7 Å². The standard InChI is InChI=1S/C23H21F2N3O4/c1-13-9-17(14(2)27(13)11-16-5-4-8-32-16)20(29)12-28-21(30)23(3,26-22(28)31)18-7-6-15(24)10-19(18)25/h4-10H,11-12H2,1-3H3,(H,26,31). The fraction of sp³-hybridized carbons (Fsp3) is 0.261. The number of carbonyl (C=O) groups excluding carboxylic acids is 3. The van der Waals surface area contributed by atoms with E-state index in [1.165, 1.54) is 6.92 Å². The minimum Gasteiger partial charge on any atom is -0.467 e. The fourth-order valence-electron chi connectivity index (χ4n) is 4.03. The molecule has 4 rings (SSSR count). The molecule has 0 saturated carbocycles. The number of rotatable bonds is 6. The van der Waals surface area contributed by atoms with Gasteiger partial charge in [0.2, 0.25) is 0 Å². The summed E-state index contributed by atoms with van der Waals surface area (Å²) in [6, 6.07) is 7.22. The third-order valence-electron chi connectivity index (χ3n) is 5.81. The van der Waals surface area contributed by atoms with Crippen LogP contribution in [-0.2, 0) is 16.9 Å². The molecule has 1 atom stereocenters. The number of aryl methyl sites for hydroxylation is 1. The smallest absolute Gasteiger partial charge is 0.325 e. The number of nitrogens with zero attached hydrogens (tertiary/aromatic N) is 2. The van der Waals surface area contributed by atoms with Gasteiger partial charge in [0, 0.05) is 28.6 Å². The fourth-order valence-corrected chi connectivity index (χ4v) is 4.03. The molecule has 1 aliphatic heterocycles. The highest BCUT2D eigenvalue weighted by Gasteiger charge is 2.50. The van der Waals surface area contributed by atoms with Gasteiger partial charge in [-0.25, -0.2) is 13.6 Å². The number of amides is 3. The van der Waals surface area contributed by atoms with Crippen molar-refractivity contribution in [3.63, 3.8) is 0 Å². The van der Waals surface area contributed by atoms with E-state index in [-0.39, 0.29) is 5.56 Å². The maximum absolute atomic E-state index is 14.3. The highest BCUT2D eigenvalue weighted by atomic mass is 19.1. The summed E-state index contributed by atoms with van der Waals surface area (Å²) in [5.74, 6) is -2.27.